The molecule has 11 heavy (non-hydrogen) atoms. The van der Waals surface area contributed by atoms with Crippen molar-refractivity contribution in [2.24, 2.45) is 11.6 Å². The summed E-state index contributed by atoms with van der Waals surface area (Å²) >= 11 is 0. The zero-order valence-corrected chi connectivity index (χ0v) is 6.34. The van der Waals surface area contributed by atoms with Crippen LogP contribution in [0.5, 0.6) is 0 Å². The zero-order valence-electron chi connectivity index (χ0n) is 6.34. The maximum Gasteiger partial charge on any atom is 0.312 e. The summed E-state index contributed by atoms with van der Waals surface area (Å²) in [5.41, 5.74) is 7.63. The number of hydrazine groups is 1. The number of nitrogens with two attached hydrogens (primary N) is 2. The number of carbonyl (C=O) groups is 1. The molecule has 1 saturated carbocycles. The molecule has 0 aromatic rings. The molecule has 2 atom stereocenters. The predicted molar refractivity (Wildman–Crippen MR) is 41.5 cm³/mol. The average molecular weight is 158 g/mol. The average Bonchev–Trinajstić information content (AvgIpc) is 2.34. The van der Waals surface area contributed by atoms with Gasteiger partial charge < -0.3 is 11.1 Å². The van der Waals surface area contributed by atoms with Crippen LogP contribution in [0.25, 0.3) is 0 Å². The minimum atomic E-state index is -0.451. The van der Waals surface area contributed by atoms with Gasteiger partial charge in [-0.05, 0) is 19.3 Å². The lowest BCUT2D eigenvalue weighted by molar-refractivity contribution is 0.245. The van der Waals surface area contributed by atoms with E-state index in [1.54, 1.807) is 0 Å². The summed E-state index contributed by atoms with van der Waals surface area (Å²) in [6.45, 7) is 0. The number of urea groups is 1. The zero-order chi connectivity index (χ0) is 8.27. The maximum absolute atomic E-state index is 10.4. The Balaban J connectivity index is 2.24. The van der Waals surface area contributed by atoms with Gasteiger partial charge in [-0.3, -0.25) is 11.3 Å². The molecule has 0 saturated heterocycles. The number of carbonyl (C=O) groups excluding carboxylic acids is 1. The van der Waals surface area contributed by atoms with Crippen molar-refractivity contribution in [3.05, 3.63) is 0 Å². The molecule has 5 heteroatoms. The largest absolute Gasteiger partial charge is 0.352 e. The fourth-order valence-corrected chi connectivity index (χ4v) is 1.47. The van der Waals surface area contributed by atoms with Crippen LogP contribution in [-0.2, 0) is 0 Å². The number of nitrogens with one attached hydrogen (secondary N) is 2. The van der Waals surface area contributed by atoms with E-state index in [9.17, 15) is 4.79 Å². The van der Waals surface area contributed by atoms with Crippen LogP contribution in [0.15, 0.2) is 0 Å². The van der Waals surface area contributed by atoms with Crippen LogP contribution in [0.3, 0.4) is 0 Å². The van der Waals surface area contributed by atoms with Gasteiger partial charge in [0.15, 0.2) is 0 Å². The summed E-state index contributed by atoms with van der Waals surface area (Å²) in [7, 11) is 0. The van der Waals surface area contributed by atoms with E-state index in [1.165, 1.54) is 0 Å². The smallest absolute Gasteiger partial charge is 0.312 e. The Labute approximate surface area is 65.5 Å². The van der Waals surface area contributed by atoms with Gasteiger partial charge in [0.2, 0.25) is 0 Å². The molecule has 0 bridgehead atoms. The molecule has 2 amide bonds. The summed E-state index contributed by atoms with van der Waals surface area (Å²) in [5.74, 6) is 5.23. The van der Waals surface area contributed by atoms with Crippen molar-refractivity contribution < 1.29 is 4.79 Å². The van der Waals surface area contributed by atoms with Gasteiger partial charge in [-0.2, -0.15) is 0 Å². The van der Waals surface area contributed by atoms with Crippen LogP contribution in [0.4, 0.5) is 4.79 Å². The lowest BCUT2D eigenvalue weighted by Gasteiger charge is -2.10. The summed E-state index contributed by atoms with van der Waals surface area (Å²) in [6, 6.07) is 0.0769. The molecule has 0 unspecified atom stereocenters. The minimum Gasteiger partial charge on any atom is -0.352 e. The first-order chi connectivity index (χ1) is 5.22. The molecular formula is C6H14N4O. The Morgan fingerprint density at radius 2 is 2.00 bits per heavy atom. The van der Waals surface area contributed by atoms with Crippen molar-refractivity contribution >= 4 is 6.03 Å². The highest BCUT2D eigenvalue weighted by Crippen LogP contribution is 2.17. The van der Waals surface area contributed by atoms with Crippen LogP contribution in [0.2, 0.25) is 0 Å². The quantitative estimate of drug-likeness (QED) is 0.308. The second-order valence-electron chi connectivity index (χ2n) is 2.88. The molecular weight excluding hydrogens is 144 g/mol. The SMILES string of the molecule is NN[C@@H]1CC[C@H](NC(N)=O)C1. The number of hydrogen-bond acceptors (Lipinski definition) is 3. The predicted octanol–water partition coefficient (Wildman–Crippen LogP) is -0.961. The number of primary amides is 1. The summed E-state index contributed by atoms with van der Waals surface area (Å²) in [6.07, 6.45) is 2.83. The summed E-state index contributed by atoms with van der Waals surface area (Å²) in [5, 5.41) is 2.65. The van der Waals surface area contributed by atoms with Gasteiger partial charge in [-0.15, -0.1) is 0 Å². The molecule has 5 nitrogen and oxygen atoms in total. The topological polar surface area (TPSA) is 93.2 Å². The van der Waals surface area contributed by atoms with Crippen molar-refractivity contribution in [1.29, 1.82) is 0 Å². The second-order valence-corrected chi connectivity index (χ2v) is 2.88. The standard InChI is InChI=1S/C6H14N4O/c7-6(11)9-4-1-2-5(3-4)10-8/h4-5,10H,1-3,8H2,(H3,7,9,11)/t4-,5+/m0/s1. The van der Waals surface area contributed by atoms with Gasteiger partial charge in [-0.25, -0.2) is 4.79 Å². The van der Waals surface area contributed by atoms with Gasteiger partial charge in [0, 0.05) is 12.1 Å². The van der Waals surface area contributed by atoms with Crippen LogP contribution < -0.4 is 22.3 Å². The summed E-state index contributed by atoms with van der Waals surface area (Å²) < 4.78 is 0. The summed E-state index contributed by atoms with van der Waals surface area (Å²) in [4.78, 5) is 10.4. The Kier molecular flexibility index (Phi) is 2.67. The van der Waals surface area contributed by atoms with E-state index < -0.39 is 6.03 Å². The van der Waals surface area contributed by atoms with Crippen LogP contribution in [-0.4, -0.2) is 18.1 Å². The highest BCUT2D eigenvalue weighted by molar-refractivity contribution is 5.71. The number of amides is 2. The Morgan fingerprint density at radius 1 is 1.36 bits per heavy atom. The molecule has 1 aliphatic carbocycles. The van der Waals surface area contributed by atoms with E-state index >= 15 is 0 Å². The van der Waals surface area contributed by atoms with E-state index in [1.807, 2.05) is 0 Å². The minimum absolute atomic E-state index is 0.202. The normalized spacial score (nSPS) is 30.3. The Hall–Kier alpha value is -0.810. The van der Waals surface area contributed by atoms with Crippen molar-refractivity contribution in [3.8, 4) is 0 Å². The molecule has 0 spiro atoms. The molecule has 1 aliphatic rings. The van der Waals surface area contributed by atoms with Gasteiger partial charge in [-0.1, -0.05) is 0 Å². The third-order valence-corrected chi connectivity index (χ3v) is 2.01. The fourth-order valence-electron chi connectivity index (χ4n) is 1.47. The Morgan fingerprint density at radius 3 is 2.45 bits per heavy atom. The van der Waals surface area contributed by atoms with E-state index in [4.69, 9.17) is 11.6 Å². The van der Waals surface area contributed by atoms with Gasteiger partial charge in [0.25, 0.3) is 0 Å². The van der Waals surface area contributed by atoms with Gasteiger partial charge in [0.05, 0.1) is 0 Å². The van der Waals surface area contributed by atoms with Crippen molar-refractivity contribution in [1.82, 2.24) is 10.7 Å². The van der Waals surface area contributed by atoms with Crippen molar-refractivity contribution in [2.45, 2.75) is 31.3 Å². The first-order valence-corrected chi connectivity index (χ1v) is 3.74. The lowest BCUT2D eigenvalue weighted by atomic mass is 10.2. The van der Waals surface area contributed by atoms with Crippen LogP contribution in [0, 0.1) is 0 Å². The third-order valence-electron chi connectivity index (χ3n) is 2.01. The Bertz CT molecular complexity index is 150. The monoisotopic (exact) mass is 158 g/mol. The second kappa shape index (κ2) is 3.54. The molecule has 0 radical (unpaired) electrons. The van der Waals surface area contributed by atoms with Gasteiger partial charge >= 0.3 is 6.03 Å². The van der Waals surface area contributed by atoms with Crippen molar-refractivity contribution in [3.63, 3.8) is 0 Å². The maximum atomic E-state index is 10.4. The van der Waals surface area contributed by atoms with Crippen LogP contribution >= 0.6 is 0 Å². The first-order valence-electron chi connectivity index (χ1n) is 3.74. The first kappa shape index (κ1) is 8.29. The fraction of sp³-hybridized carbons (Fsp3) is 0.833. The van der Waals surface area contributed by atoms with Gasteiger partial charge in [0.1, 0.15) is 0 Å². The molecule has 0 heterocycles. The number of hydrogen-bond donors (Lipinski definition) is 4. The van der Waals surface area contributed by atoms with E-state index in [0.29, 0.717) is 6.04 Å². The molecule has 0 aromatic carbocycles. The molecule has 0 aliphatic heterocycles. The molecule has 1 rings (SSSR count). The number of rotatable bonds is 2. The molecule has 64 valence electrons. The van der Waals surface area contributed by atoms with Crippen LogP contribution in [0.1, 0.15) is 19.3 Å². The van der Waals surface area contributed by atoms with E-state index in [0.717, 1.165) is 19.3 Å². The molecule has 1 fully saturated rings. The van der Waals surface area contributed by atoms with E-state index in [2.05, 4.69) is 10.7 Å². The molecule has 0 aromatic heterocycles. The lowest BCUT2D eigenvalue weighted by Crippen LogP contribution is -2.39. The van der Waals surface area contributed by atoms with Crippen molar-refractivity contribution in [2.75, 3.05) is 0 Å². The highest BCUT2D eigenvalue weighted by atomic mass is 16.2. The molecule has 6 N–H and O–H groups in total. The van der Waals surface area contributed by atoms with E-state index in [-0.39, 0.29) is 6.04 Å². The highest BCUT2D eigenvalue weighted by Gasteiger charge is 2.23. The third kappa shape index (κ3) is 2.36.